The third-order valence-corrected chi connectivity index (χ3v) is 3.66. The van der Waals surface area contributed by atoms with E-state index >= 15 is 0 Å². The lowest BCUT2D eigenvalue weighted by Gasteiger charge is -2.29. The topological polar surface area (TPSA) is 57.8 Å². The van der Waals surface area contributed by atoms with Gasteiger partial charge in [0.2, 0.25) is 5.91 Å². The lowest BCUT2D eigenvalue weighted by Crippen LogP contribution is -2.45. The van der Waals surface area contributed by atoms with Crippen LogP contribution in [0.15, 0.2) is 41.0 Å². The van der Waals surface area contributed by atoms with Crippen LogP contribution in [0, 0.1) is 0 Å². The minimum absolute atomic E-state index is 0.0893. The molecule has 4 nitrogen and oxygen atoms in total. The van der Waals surface area contributed by atoms with E-state index in [0.717, 1.165) is 15.7 Å². The summed E-state index contributed by atoms with van der Waals surface area (Å²) < 4.78 is 0.937. The zero-order chi connectivity index (χ0) is 13.9. The average Bonchev–Trinajstić information content (AvgIpc) is 2.93. The Morgan fingerprint density at radius 2 is 2.32 bits per heavy atom. The maximum Gasteiger partial charge on any atom is 0.235 e. The number of aromatic amines is 1. The van der Waals surface area contributed by atoms with Crippen molar-refractivity contribution in [2.75, 3.05) is 5.88 Å². The van der Waals surface area contributed by atoms with E-state index in [1.165, 1.54) is 0 Å². The Balaban J connectivity index is 2.48. The van der Waals surface area contributed by atoms with Gasteiger partial charge in [-0.3, -0.25) is 9.89 Å². The molecule has 100 valence electrons. The minimum Gasteiger partial charge on any atom is -0.340 e. The van der Waals surface area contributed by atoms with Gasteiger partial charge in [0.1, 0.15) is 11.4 Å². The Morgan fingerprint density at radius 3 is 2.89 bits per heavy atom. The van der Waals surface area contributed by atoms with Crippen LogP contribution in [0.1, 0.15) is 18.2 Å². The van der Waals surface area contributed by atoms with Gasteiger partial charge in [-0.05, 0) is 30.7 Å². The van der Waals surface area contributed by atoms with Crippen molar-refractivity contribution < 1.29 is 4.79 Å². The number of halogens is 2. The molecule has 2 rings (SSSR count). The number of aromatic nitrogens is 2. The predicted octanol–water partition coefficient (Wildman–Crippen LogP) is 2.79. The number of nitrogens with zero attached hydrogens (tertiary/aromatic N) is 1. The highest BCUT2D eigenvalue weighted by atomic mass is 79.9. The molecule has 0 aliphatic rings. The summed E-state index contributed by atoms with van der Waals surface area (Å²) in [5.41, 5.74) is 0.923. The van der Waals surface area contributed by atoms with Gasteiger partial charge >= 0.3 is 0 Å². The molecule has 1 atom stereocenters. The molecule has 19 heavy (non-hydrogen) atoms. The van der Waals surface area contributed by atoms with Crippen LogP contribution in [0.5, 0.6) is 0 Å². The number of rotatable bonds is 4. The number of hydrogen-bond donors (Lipinski definition) is 2. The summed E-state index contributed by atoms with van der Waals surface area (Å²) in [6.45, 7) is 1.90. The summed E-state index contributed by atoms with van der Waals surface area (Å²) >= 11 is 9.02. The number of carbonyl (C=O) groups excluding carboxylic acids is 1. The van der Waals surface area contributed by atoms with Crippen LogP contribution in [0.2, 0.25) is 0 Å². The van der Waals surface area contributed by atoms with Gasteiger partial charge in [0, 0.05) is 10.7 Å². The van der Waals surface area contributed by atoms with E-state index in [2.05, 4.69) is 31.4 Å². The molecule has 0 saturated heterocycles. The molecule has 0 saturated carbocycles. The number of nitrogens with one attached hydrogen (secondary N) is 2. The maximum absolute atomic E-state index is 11.7. The monoisotopic (exact) mass is 341 g/mol. The molecule has 0 spiro atoms. The van der Waals surface area contributed by atoms with Crippen molar-refractivity contribution in [2.45, 2.75) is 12.5 Å². The first kappa shape index (κ1) is 14.1. The highest BCUT2D eigenvalue weighted by molar-refractivity contribution is 9.10. The van der Waals surface area contributed by atoms with Crippen molar-refractivity contribution in [2.24, 2.45) is 0 Å². The molecule has 6 heteroatoms. The third-order valence-electron chi connectivity index (χ3n) is 2.93. The molecule has 0 radical (unpaired) electrons. The highest BCUT2D eigenvalue weighted by Crippen LogP contribution is 2.29. The van der Waals surface area contributed by atoms with Gasteiger partial charge in [-0.2, -0.15) is 5.10 Å². The van der Waals surface area contributed by atoms with Crippen LogP contribution in [-0.2, 0) is 10.3 Å². The van der Waals surface area contributed by atoms with Gasteiger partial charge in [-0.25, -0.2) is 0 Å². The fraction of sp³-hybridized carbons (Fsp3) is 0.231. The van der Waals surface area contributed by atoms with Gasteiger partial charge in [-0.15, -0.1) is 11.6 Å². The van der Waals surface area contributed by atoms with Crippen molar-refractivity contribution in [1.82, 2.24) is 15.5 Å². The van der Waals surface area contributed by atoms with Gasteiger partial charge < -0.3 is 5.32 Å². The Bertz CT molecular complexity index is 573. The van der Waals surface area contributed by atoms with E-state index in [4.69, 9.17) is 11.6 Å². The molecule has 0 unspecified atom stereocenters. The second-order valence-electron chi connectivity index (χ2n) is 4.28. The fourth-order valence-corrected chi connectivity index (χ4v) is 2.40. The number of amides is 1. The van der Waals surface area contributed by atoms with Crippen molar-refractivity contribution in [3.05, 3.63) is 52.3 Å². The quantitative estimate of drug-likeness (QED) is 0.840. The molecule has 1 heterocycles. The second kappa shape index (κ2) is 5.75. The molecule has 2 aromatic rings. The van der Waals surface area contributed by atoms with Gasteiger partial charge in [0.15, 0.2) is 0 Å². The molecule has 0 aliphatic carbocycles. The zero-order valence-corrected chi connectivity index (χ0v) is 12.6. The Labute approximate surface area is 124 Å². The fourth-order valence-electron chi connectivity index (χ4n) is 1.93. The normalized spacial score (nSPS) is 13.8. The molecule has 0 fully saturated rings. The first-order valence-corrected chi connectivity index (χ1v) is 7.02. The maximum atomic E-state index is 11.7. The molecular weight excluding hydrogens is 330 g/mol. The number of carbonyl (C=O) groups is 1. The summed E-state index contributed by atoms with van der Waals surface area (Å²) in [6.07, 6.45) is 1.72. The SMILES string of the molecule is C[C@@](NC(=O)CCl)(c1cccc(Br)c1)c1cc[nH]n1. The number of H-pyrrole nitrogens is 1. The molecule has 0 bridgehead atoms. The average molecular weight is 343 g/mol. The predicted molar refractivity (Wildman–Crippen MR) is 78.0 cm³/mol. The van der Waals surface area contributed by atoms with E-state index in [9.17, 15) is 4.79 Å². The lowest BCUT2D eigenvalue weighted by atomic mass is 9.88. The molecular formula is C13H13BrClN3O. The van der Waals surface area contributed by atoms with Crippen molar-refractivity contribution in [1.29, 1.82) is 0 Å². The third kappa shape index (κ3) is 2.98. The summed E-state index contributed by atoms with van der Waals surface area (Å²) in [6, 6.07) is 9.56. The first-order chi connectivity index (χ1) is 9.06. The van der Waals surface area contributed by atoms with Crippen molar-refractivity contribution in [3.63, 3.8) is 0 Å². The molecule has 0 aliphatic heterocycles. The van der Waals surface area contributed by atoms with Crippen LogP contribution in [0.3, 0.4) is 0 Å². The molecule has 1 amide bonds. The summed E-state index contributed by atoms with van der Waals surface area (Å²) in [5.74, 6) is -0.333. The first-order valence-electron chi connectivity index (χ1n) is 5.69. The standard InChI is InChI=1S/C13H13BrClN3O/c1-13(17-12(19)8-15,11-5-6-16-18-11)9-3-2-4-10(14)7-9/h2-7H,8H2,1H3,(H,16,18)(H,17,19)/t13-/m1/s1. The van der Waals surface area contributed by atoms with Crippen LogP contribution < -0.4 is 5.32 Å². The van der Waals surface area contributed by atoms with Crippen LogP contribution in [-0.4, -0.2) is 22.0 Å². The number of alkyl halides is 1. The van der Waals surface area contributed by atoms with Gasteiger partial charge in [-0.1, -0.05) is 28.1 Å². The van der Waals surface area contributed by atoms with E-state index < -0.39 is 5.54 Å². The number of benzene rings is 1. The minimum atomic E-state index is -0.726. The van der Waals surface area contributed by atoms with E-state index in [1.54, 1.807) is 6.20 Å². The van der Waals surface area contributed by atoms with Gasteiger partial charge in [0.25, 0.3) is 0 Å². The van der Waals surface area contributed by atoms with E-state index in [0.29, 0.717) is 0 Å². The highest BCUT2D eigenvalue weighted by Gasteiger charge is 2.32. The zero-order valence-electron chi connectivity index (χ0n) is 10.3. The van der Waals surface area contributed by atoms with Gasteiger partial charge in [0.05, 0.1) is 5.69 Å². The summed E-state index contributed by atoms with van der Waals surface area (Å²) in [5, 5.41) is 9.86. The smallest absolute Gasteiger partial charge is 0.235 e. The van der Waals surface area contributed by atoms with Crippen LogP contribution in [0.25, 0.3) is 0 Å². The van der Waals surface area contributed by atoms with E-state index in [-0.39, 0.29) is 11.8 Å². The summed E-state index contributed by atoms with van der Waals surface area (Å²) in [7, 11) is 0. The van der Waals surface area contributed by atoms with E-state index in [1.807, 2.05) is 37.3 Å². The Kier molecular flexibility index (Phi) is 4.27. The van der Waals surface area contributed by atoms with Crippen molar-refractivity contribution >= 4 is 33.4 Å². The molecule has 2 N–H and O–H groups in total. The molecule has 1 aromatic carbocycles. The van der Waals surface area contributed by atoms with Crippen molar-refractivity contribution in [3.8, 4) is 0 Å². The Morgan fingerprint density at radius 1 is 1.53 bits per heavy atom. The largest absolute Gasteiger partial charge is 0.340 e. The van der Waals surface area contributed by atoms with Crippen LogP contribution in [0.4, 0.5) is 0 Å². The Hall–Kier alpha value is -1.33. The molecule has 1 aromatic heterocycles. The summed E-state index contributed by atoms with van der Waals surface area (Å²) in [4.78, 5) is 11.7. The second-order valence-corrected chi connectivity index (χ2v) is 5.46. The lowest BCUT2D eigenvalue weighted by molar-refractivity contribution is -0.120. The number of hydrogen-bond acceptors (Lipinski definition) is 2. The van der Waals surface area contributed by atoms with Crippen LogP contribution >= 0.6 is 27.5 Å².